The molecule has 6 nitrogen and oxygen atoms in total. The van der Waals surface area contributed by atoms with Crippen molar-refractivity contribution in [2.75, 3.05) is 0 Å². The van der Waals surface area contributed by atoms with Gasteiger partial charge in [-0.15, -0.1) is 0 Å². The Bertz CT molecular complexity index is 805. The Balaban J connectivity index is 2.11. The summed E-state index contributed by atoms with van der Waals surface area (Å²) in [5, 5.41) is 14.7. The lowest BCUT2D eigenvalue weighted by molar-refractivity contribution is -0.142. The summed E-state index contributed by atoms with van der Waals surface area (Å²) >= 11 is 0. The molecule has 142 valence electrons. The van der Waals surface area contributed by atoms with Gasteiger partial charge in [-0.05, 0) is 18.1 Å². The molecule has 0 radical (unpaired) electrons. The molecule has 27 heavy (non-hydrogen) atoms. The Kier molecular flexibility index (Phi) is 7.11. The molecule has 2 aromatic carbocycles. The second-order valence-electron chi connectivity index (χ2n) is 6.54. The van der Waals surface area contributed by atoms with Gasteiger partial charge in [-0.2, -0.15) is 0 Å². The molecule has 0 aromatic heterocycles. The predicted octanol–water partition coefficient (Wildman–Crippen LogP) is 1.85. The van der Waals surface area contributed by atoms with E-state index in [0.717, 1.165) is 16.7 Å². The minimum Gasteiger partial charge on any atom is -0.480 e. The highest BCUT2D eigenvalue weighted by atomic mass is 16.4. The maximum atomic E-state index is 12.7. The molecule has 0 saturated heterocycles. The van der Waals surface area contributed by atoms with Crippen LogP contribution in [0.5, 0.6) is 0 Å². The van der Waals surface area contributed by atoms with Crippen molar-refractivity contribution >= 4 is 17.8 Å². The van der Waals surface area contributed by atoms with E-state index in [4.69, 9.17) is 0 Å². The fraction of sp³-hybridized carbons (Fsp3) is 0.286. The summed E-state index contributed by atoms with van der Waals surface area (Å²) < 4.78 is 0. The van der Waals surface area contributed by atoms with Crippen molar-refractivity contribution in [3.8, 4) is 0 Å². The SMILES string of the molecule is CC(=O)N[C@H](Cc1ccccc1)C(=O)N[C@@H](Cc1cccc(C)c1)C(=O)O. The number of aryl methyl sites for hydroxylation is 1. The molecule has 3 N–H and O–H groups in total. The number of benzene rings is 2. The fourth-order valence-electron chi connectivity index (χ4n) is 2.85. The van der Waals surface area contributed by atoms with Crippen molar-refractivity contribution in [2.24, 2.45) is 0 Å². The van der Waals surface area contributed by atoms with Gasteiger partial charge in [0.25, 0.3) is 0 Å². The molecule has 0 aliphatic carbocycles. The molecular weight excluding hydrogens is 344 g/mol. The molecule has 0 bridgehead atoms. The number of amides is 2. The van der Waals surface area contributed by atoms with Gasteiger partial charge in [-0.1, -0.05) is 60.2 Å². The number of hydrogen-bond acceptors (Lipinski definition) is 3. The van der Waals surface area contributed by atoms with E-state index in [1.165, 1.54) is 6.92 Å². The molecule has 0 spiro atoms. The highest BCUT2D eigenvalue weighted by molar-refractivity contribution is 5.90. The van der Waals surface area contributed by atoms with E-state index in [1.807, 2.05) is 61.5 Å². The smallest absolute Gasteiger partial charge is 0.326 e. The first-order valence-corrected chi connectivity index (χ1v) is 8.75. The minimum atomic E-state index is -1.12. The van der Waals surface area contributed by atoms with Crippen LogP contribution in [0.1, 0.15) is 23.6 Å². The van der Waals surface area contributed by atoms with Gasteiger partial charge in [-0.25, -0.2) is 4.79 Å². The Morgan fingerprint density at radius 3 is 2.11 bits per heavy atom. The number of hydrogen-bond donors (Lipinski definition) is 3. The lowest BCUT2D eigenvalue weighted by Gasteiger charge is -2.21. The number of carboxylic acids is 1. The minimum absolute atomic E-state index is 0.168. The van der Waals surface area contributed by atoms with E-state index in [1.54, 1.807) is 0 Å². The molecule has 6 heteroatoms. The topological polar surface area (TPSA) is 95.5 Å². The number of carboxylic acid groups (broad SMARTS) is 1. The van der Waals surface area contributed by atoms with Crippen molar-refractivity contribution in [3.63, 3.8) is 0 Å². The molecule has 2 atom stereocenters. The van der Waals surface area contributed by atoms with E-state index in [2.05, 4.69) is 10.6 Å². The van der Waals surface area contributed by atoms with Gasteiger partial charge in [0.05, 0.1) is 0 Å². The molecule has 0 heterocycles. The van der Waals surface area contributed by atoms with Crippen LogP contribution in [0, 0.1) is 6.92 Å². The van der Waals surface area contributed by atoms with Crippen LogP contribution in [0.2, 0.25) is 0 Å². The molecule has 2 aromatic rings. The van der Waals surface area contributed by atoms with Crippen LogP contribution >= 0.6 is 0 Å². The van der Waals surface area contributed by atoms with Gasteiger partial charge < -0.3 is 15.7 Å². The third kappa shape index (κ3) is 6.58. The maximum absolute atomic E-state index is 12.7. The molecule has 0 aliphatic rings. The predicted molar refractivity (Wildman–Crippen MR) is 102 cm³/mol. The van der Waals surface area contributed by atoms with Crippen LogP contribution in [-0.4, -0.2) is 35.0 Å². The standard InChI is InChI=1S/C21H24N2O4/c1-14-7-6-10-17(11-14)13-19(21(26)27)23-20(25)18(22-15(2)24)12-16-8-4-3-5-9-16/h3-11,18-19H,12-13H2,1-2H3,(H,22,24)(H,23,25)(H,26,27)/t18-,19+/m1/s1. The van der Waals surface area contributed by atoms with Crippen molar-refractivity contribution in [2.45, 2.75) is 38.8 Å². The molecule has 2 amide bonds. The highest BCUT2D eigenvalue weighted by Crippen LogP contribution is 2.09. The number of rotatable bonds is 8. The first-order valence-electron chi connectivity index (χ1n) is 8.75. The van der Waals surface area contributed by atoms with E-state index in [-0.39, 0.29) is 18.7 Å². The van der Waals surface area contributed by atoms with Gasteiger partial charge in [0.2, 0.25) is 11.8 Å². The first-order chi connectivity index (χ1) is 12.8. The van der Waals surface area contributed by atoms with Crippen LogP contribution in [0.25, 0.3) is 0 Å². The van der Waals surface area contributed by atoms with Gasteiger partial charge in [0, 0.05) is 19.8 Å². The second-order valence-corrected chi connectivity index (χ2v) is 6.54. The summed E-state index contributed by atoms with van der Waals surface area (Å²) in [5.74, 6) is -1.99. The van der Waals surface area contributed by atoms with Crippen molar-refractivity contribution < 1.29 is 19.5 Å². The van der Waals surface area contributed by atoms with E-state index < -0.39 is 24.0 Å². The number of aliphatic carboxylic acids is 1. The number of nitrogens with one attached hydrogen (secondary N) is 2. The average Bonchev–Trinajstić information content (AvgIpc) is 2.61. The lowest BCUT2D eigenvalue weighted by Crippen LogP contribution is -2.52. The summed E-state index contributed by atoms with van der Waals surface area (Å²) in [6, 6.07) is 14.8. The van der Waals surface area contributed by atoms with Crippen LogP contribution in [0.3, 0.4) is 0 Å². The zero-order chi connectivity index (χ0) is 19.8. The van der Waals surface area contributed by atoms with Crippen LogP contribution in [0.15, 0.2) is 54.6 Å². The largest absolute Gasteiger partial charge is 0.480 e. The molecule has 0 unspecified atom stereocenters. The molecule has 0 saturated carbocycles. The molecule has 0 fully saturated rings. The molecule has 2 rings (SSSR count). The van der Waals surface area contributed by atoms with Gasteiger partial charge >= 0.3 is 5.97 Å². The Morgan fingerprint density at radius 2 is 1.52 bits per heavy atom. The fourth-order valence-corrected chi connectivity index (χ4v) is 2.85. The zero-order valence-electron chi connectivity index (χ0n) is 15.4. The van der Waals surface area contributed by atoms with Gasteiger partial charge in [-0.3, -0.25) is 9.59 Å². The average molecular weight is 368 g/mol. The van der Waals surface area contributed by atoms with E-state index in [9.17, 15) is 19.5 Å². The summed E-state index contributed by atoms with van der Waals surface area (Å²) in [5.41, 5.74) is 2.71. The Morgan fingerprint density at radius 1 is 0.889 bits per heavy atom. The normalized spacial score (nSPS) is 12.7. The quantitative estimate of drug-likeness (QED) is 0.663. The first kappa shape index (κ1) is 20.2. The van der Waals surface area contributed by atoms with Gasteiger partial charge in [0.15, 0.2) is 0 Å². The van der Waals surface area contributed by atoms with Crippen LogP contribution in [-0.2, 0) is 27.2 Å². The summed E-state index contributed by atoms with van der Waals surface area (Å²) in [6.07, 6.45) is 0.448. The number of carbonyl (C=O) groups excluding carboxylic acids is 2. The summed E-state index contributed by atoms with van der Waals surface area (Å²) in [6.45, 7) is 3.25. The molecule has 0 aliphatic heterocycles. The van der Waals surface area contributed by atoms with Crippen LogP contribution < -0.4 is 10.6 Å². The monoisotopic (exact) mass is 368 g/mol. The van der Waals surface area contributed by atoms with Crippen molar-refractivity contribution in [3.05, 3.63) is 71.3 Å². The lowest BCUT2D eigenvalue weighted by atomic mass is 10.0. The maximum Gasteiger partial charge on any atom is 0.326 e. The van der Waals surface area contributed by atoms with E-state index >= 15 is 0 Å². The van der Waals surface area contributed by atoms with Crippen LogP contribution in [0.4, 0.5) is 0 Å². The third-order valence-electron chi connectivity index (χ3n) is 4.11. The highest BCUT2D eigenvalue weighted by Gasteiger charge is 2.26. The van der Waals surface area contributed by atoms with Crippen molar-refractivity contribution in [1.29, 1.82) is 0 Å². The Labute approximate surface area is 158 Å². The Hall–Kier alpha value is -3.15. The third-order valence-corrected chi connectivity index (χ3v) is 4.11. The van der Waals surface area contributed by atoms with Crippen molar-refractivity contribution in [1.82, 2.24) is 10.6 Å². The molecular formula is C21H24N2O4. The van der Waals surface area contributed by atoms with E-state index in [0.29, 0.717) is 0 Å². The van der Waals surface area contributed by atoms with Gasteiger partial charge in [0.1, 0.15) is 12.1 Å². The summed E-state index contributed by atoms with van der Waals surface area (Å²) in [7, 11) is 0. The number of carbonyl (C=O) groups is 3. The summed E-state index contributed by atoms with van der Waals surface area (Å²) in [4.78, 5) is 35.8. The zero-order valence-corrected chi connectivity index (χ0v) is 15.4. The second kappa shape index (κ2) is 9.52.